The number of carbonyl (C=O) groups is 1. The van der Waals surface area contributed by atoms with Gasteiger partial charge in [-0.3, -0.25) is 4.79 Å². The number of carbonyl (C=O) groups excluding carboxylic acids is 1. The van der Waals surface area contributed by atoms with E-state index in [1.54, 1.807) is 23.8 Å². The van der Waals surface area contributed by atoms with Gasteiger partial charge in [0, 0.05) is 43.9 Å². The summed E-state index contributed by atoms with van der Waals surface area (Å²) in [7, 11) is 0. The predicted octanol–water partition coefficient (Wildman–Crippen LogP) is 2.87. The minimum Gasteiger partial charge on any atom is -0.492 e. The maximum atomic E-state index is 12.0. The van der Waals surface area contributed by atoms with Gasteiger partial charge in [-0.15, -0.1) is 0 Å². The van der Waals surface area contributed by atoms with Gasteiger partial charge in [0.2, 0.25) is 5.91 Å². The Morgan fingerprint density at radius 1 is 1.29 bits per heavy atom. The van der Waals surface area contributed by atoms with Crippen LogP contribution in [0.4, 0.5) is 5.82 Å². The van der Waals surface area contributed by atoms with Crippen molar-refractivity contribution in [2.45, 2.75) is 32.2 Å². The molecule has 4 heterocycles. The molecule has 5 rings (SSSR count). The number of nitrogens with zero attached hydrogens (tertiary/aromatic N) is 6. The zero-order valence-corrected chi connectivity index (χ0v) is 17.7. The Bertz CT molecular complexity index is 1190. The van der Waals surface area contributed by atoms with E-state index in [2.05, 4.69) is 16.1 Å². The molecule has 3 aromatic rings. The van der Waals surface area contributed by atoms with Crippen molar-refractivity contribution in [2.75, 3.05) is 31.1 Å². The zero-order chi connectivity index (χ0) is 21.6. The molecule has 1 aliphatic carbocycles. The van der Waals surface area contributed by atoms with E-state index in [1.165, 1.54) is 0 Å². The van der Waals surface area contributed by atoms with Gasteiger partial charge in [-0.2, -0.15) is 10.4 Å². The van der Waals surface area contributed by atoms with Crippen LogP contribution in [0.5, 0.6) is 5.75 Å². The van der Waals surface area contributed by atoms with E-state index in [1.807, 2.05) is 36.2 Å². The van der Waals surface area contributed by atoms with E-state index in [-0.39, 0.29) is 11.4 Å². The second-order valence-corrected chi connectivity index (χ2v) is 8.21. The van der Waals surface area contributed by atoms with E-state index in [0.717, 1.165) is 54.9 Å². The summed E-state index contributed by atoms with van der Waals surface area (Å²) in [4.78, 5) is 21.0. The van der Waals surface area contributed by atoms with E-state index in [0.29, 0.717) is 17.9 Å². The number of hydrogen-bond donors (Lipinski definition) is 0. The quantitative estimate of drug-likeness (QED) is 0.650. The highest BCUT2D eigenvalue weighted by Crippen LogP contribution is 2.45. The van der Waals surface area contributed by atoms with Gasteiger partial charge >= 0.3 is 0 Å². The number of anilines is 1. The van der Waals surface area contributed by atoms with Crippen LogP contribution >= 0.6 is 0 Å². The topological polar surface area (TPSA) is 86.8 Å². The molecule has 0 bridgehead atoms. The van der Waals surface area contributed by atoms with Gasteiger partial charge in [-0.25, -0.2) is 9.50 Å². The number of rotatable bonds is 4. The molecule has 2 fully saturated rings. The van der Waals surface area contributed by atoms with E-state index < -0.39 is 0 Å². The van der Waals surface area contributed by atoms with Crippen molar-refractivity contribution < 1.29 is 9.53 Å². The van der Waals surface area contributed by atoms with Crippen LogP contribution in [0.3, 0.4) is 0 Å². The van der Waals surface area contributed by atoms with Crippen molar-refractivity contribution in [3.63, 3.8) is 0 Å². The van der Waals surface area contributed by atoms with Crippen LogP contribution in [-0.2, 0) is 4.79 Å². The molecule has 0 unspecified atom stereocenters. The zero-order valence-electron chi connectivity index (χ0n) is 17.7. The summed E-state index contributed by atoms with van der Waals surface area (Å²) in [5.74, 6) is 1.76. The van der Waals surface area contributed by atoms with Crippen LogP contribution in [0.25, 0.3) is 16.6 Å². The Labute approximate surface area is 180 Å². The molecule has 158 valence electrons. The molecule has 1 saturated heterocycles. The van der Waals surface area contributed by atoms with Gasteiger partial charge in [0.05, 0.1) is 35.6 Å². The number of piperazine rings is 1. The summed E-state index contributed by atoms with van der Waals surface area (Å²) < 4.78 is 7.38. The van der Waals surface area contributed by atoms with E-state index in [9.17, 15) is 10.1 Å². The van der Waals surface area contributed by atoms with Gasteiger partial charge < -0.3 is 14.5 Å². The summed E-state index contributed by atoms with van der Waals surface area (Å²) in [5, 5.41) is 13.8. The highest BCUT2D eigenvalue weighted by molar-refractivity contribution is 5.85. The van der Waals surface area contributed by atoms with Crippen LogP contribution in [0.15, 0.2) is 36.8 Å². The summed E-state index contributed by atoms with van der Waals surface area (Å²) in [5.41, 5.74) is 3.00. The third-order valence-corrected chi connectivity index (χ3v) is 6.26. The maximum Gasteiger partial charge on any atom is 0.220 e. The summed E-state index contributed by atoms with van der Waals surface area (Å²) >= 11 is 0. The molecule has 2 aliphatic rings. The Kier molecular flexibility index (Phi) is 4.54. The van der Waals surface area contributed by atoms with Crippen LogP contribution in [0.2, 0.25) is 0 Å². The summed E-state index contributed by atoms with van der Waals surface area (Å²) in [6.45, 7) is 6.47. The third-order valence-electron chi connectivity index (χ3n) is 6.26. The molecule has 1 saturated carbocycles. The molecule has 0 radical (unpaired) electrons. The predicted molar refractivity (Wildman–Crippen MR) is 116 cm³/mol. The number of ether oxygens (including phenoxy) is 1. The number of nitriles is 1. The Morgan fingerprint density at radius 3 is 2.77 bits per heavy atom. The monoisotopic (exact) mass is 416 g/mol. The first-order valence-corrected chi connectivity index (χ1v) is 10.6. The Hall–Kier alpha value is -3.60. The van der Waals surface area contributed by atoms with Crippen molar-refractivity contribution in [1.82, 2.24) is 19.5 Å². The van der Waals surface area contributed by atoms with Gasteiger partial charge in [0.15, 0.2) is 0 Å². The standard InChI is InChI=1S/C23H24N6O2/c1-3-31-19-10-20(22-18(11-24)13-26-29(22)14-19)17-4-5-21(25-12-17)27-8-9-28(16(2)30)23(15-27)6-7-23/h4-5,10,12-14H,3,6-9,15H2,1-2H3. The average molecular weight is 416 g/mol. The first kappa shape index (κ1) is 19.4. The minimum absolute atomic E-state index is 0.0122. The molecule has 1 aliphatic heterocycles. The molecular weight excluding hydrogens is 392 g/mol. The first-order valence-electron chi connectivity index (χ1n) is 10.6. The minimum atomic E-state index is -0.0122. The average Bonchev–Trinajstić information content (AvgIpc) is 3.40. The highest BCUT2D eigenvalue weighted by atomic mass is 16.5. The maximum absolute atomic E-state index is 12.0. The molecule has 0 N–H and O–H groups in total. The molecule has 8 heteroatoms. The van der Waals surface area contributed by atoms with Crippen LogP contribution in [0.1, 0.15) is 32.3 Å². The van der Waals surface area contributed by atoms with Crippen molar-refractivity contribution in [3.05, 3.63) is 42.4 Å². The molecule has 31 heavy (non-hydrogen) atoms. The van der Waals surface area contributed by atoms with Crippen LogP contribution < -0.4 is 9.64 Å². The molecule has 0 atom stereocenters. The van der Waals surface area contributed by atoms with Crippen molar-refractivity contribution in [3.8, 4) is 22.9 Å². The highest BCUT2D eigenvalue weighted by Gasteiger charge is 2.52. The number of fused-ring (bicyclic) bond motifs is 1. The van der Waals surface area contributed by atoms with E-state index in [4.69, 9.17) is 9.72 Å². The number of hydrogen-bond acceptors (Lipinski definition) is 6. The normalized spacial score (nSPS) is 17.1. The van der Waals surface area contributed by atoms with Gasteiger partial charge in [-0.1, -0.05) is 0 Å². The summed E-state index contributed by atoms with van der Waals surface area (Å²) in [6.07, 6.45) is 7.31. The lowest BCUT2D eigenvalue weighted by Gasteiger charge is -2.42. The van der Waals surface area contributed by atoms with Crippen molar-refractivity contribution in [1.29, 1.82) is 5.26 Å². The van der Waals surface area contributed by atoms with Crippen LogP contribution in [-0.4, -0.2) is 57.2 Å². The number of aromatic nitrogens is 3. The second-order valence-electron chi connectivity index (χ2n) is 8.21. The van der Waals surface area contributed by atoms with Gasteiger partial charge in [0.1, 0.15) is 17.6 Å². The summed E-state index contributed by atoms with van der Waals surface area (Å²) in [6, 6.07) is 8.19. The molecular formula is C23H24N6O2. The lowest BCUT2D eigenvalue weighted by atomic mass is 10.0. The fourth-order valence-electron chi connectivity index (χ4n) is 4.61. The Morgan fingerprint density at radius 2 is 2.13 bits per heavy atom. The first-order chi connectivity index (χ1) is 15.0. The van der Waals surface area contributed by atoms with Crippen LogP contribution in [0, 0.1) is 11.3 Å². The third kappa shape index (κ3) is 3.26. The smallest absolute Gasteiger partial charge is 0.220 e. The molecule has 3 aromatic heterocycles. The second kappa shape index (κ2) is 7.27. The largest absolute Gasteiger partial charge is 0.492 e. The molecule has 1 amide bonds. The number of pyridine rings is 2. The van der Waals surface area contributed by atoms with Gasteiger partial charge in [0.25, 0.3) is 0 Å². The Balaban J connectivity index is 1.47. The lowest BCUT2D eigenvalue weighted by Crippen LogP contribution is -2.56. The lowest BCUT2D eigenvalue weighted by molar-refractivity contribution is -0.132. The van der Waals surface area contributed by atoms with Crippen molar-refractivity contribution in [2.24, 2.45) is 0 Å². The molecule has 1 spiro atoms. The fraction of sp³-hybridized carbons (Fsp3) is 0.391. The molecule has 0 aromatic carbocycles. The SMILES string of the molecule is CCOc1cc(-c2ccc(N3CCN(C(C)=O)C4(CC4)C3)nc2)c2c(C#N)cnn2c1. The fourth-order valence-corrected chi connectivity index (χ4v) is 4.61. The van der Waals surface area contributed by atoms with Crippen molar-refractivity contribution >= 4 is 17.2 Å². The molecule has 8 nitrogen and oxygen atoms in total. The number of amides is 1. The van der Waals surface area contributed by atoms with E-state index >= 15 is 0 Å². The van der Waals surface area contributed by atoms with Gasteiger partial charge in [-0.05, 0) is 38.0 Å².